The van der Waals surface area contributed by atoms with Crippen molar-refractivity contribution in [3.05, 3.63) is 23.9 Å². The Morgan fingerprint density at radius 3 is 2.27 bits per heavy atom. The van der Waals surface area contributed by atoms with E-state index in [4.69, 9.17) is 10.5 Å². The molecule has 0 bridgehead atoms. The van der Waals surface area contributed by atoms with E-state index in [0.717, 1.165) is 5.56 Å². The van der Waals surface area contributed by atoms with Crippen LogP contribution in [0.4, 0.5) is 0 Å². The third-order valence-corrected chi connectivity index (χ3v) is 2.53. The molecule has 0 aliphatic carbocycles. The van der Waals surface area contributed by atoms with Gasteiger partial charge in [-0.05, 0) is 25.3 Å². The molecule has 84 valence electrons. The maximum Gasteiger partial charge on any atom is 0.213 e. The molecule has 0 fully saturated rings. The lowest BCUT2D eigenvalue weighted by Crippen LogP contribution is -2.19. The number of hydrogen-bond acceptors (Lipinski definition) is 3. The Balaban J connectivity index is 2.64. The number of rotatable bonds is 4. The van der Waals surface area contributed by atoms with E-state index in [9.17, 15) is 0 Å². The molecular formula is C12H20N2O. The molecule has 0 aromatic carbocycles. The summed E-state index contributed by atoms with van der Waals surface area (Å²) in [7, 11) is 0. The van der Waals surface area contributed by atoms with Crippen LogP contribution in [-0.4, -0.2) is 11.1 Å². The van der Waals surface area contributed by atoms with Crippen molar-refractivity contribution in [1.29, 1.82) is 0 Å². The van der Waals surface area contributed by atoms with Gasteiger partial charge in [0.15, 0.2) is 0 Å². The SMILES string of the molecule is CC(C)C(C)Oc1ccc([C@@H](C)N)cn1. The molecule has 0 aliphatic rings. The van der Waals surface area contributed by atoms with E-state index < -0.39 is 0 Å². The topological polar surface area (TPSA) is 48.1 Å². The zero-order chi connectivity index (χ0) is 11.4. The zero-order valence-electron chi connectivity index (χ0n) is 9.90. The first kappa shape index (κ1) is 12.0. The first-order valence-corrected chi connectivity index (χ1v) is 5.39. The van der Waals surface area contributed by atoms with Crippen LogP contribution in [-0.2, 0) is 0 Å². The van der Waals surface area contributed by atoms with Crippen LogP contribution in [0.2, 0.25) is 0 Å². The van der Waals surface area contributed by atoms with Gasteiger partial charge < -0.3 is 10.5 Å². The summed E-state index contributed by atoms with van der Waals surface area (Å²) in [4.78, 5) is 4.22. The predicted octanol–water partition coefficient (Wildman–Crippen LogP) is 2.52. The minimum Gasteiger partial charge on any atom is -0.474 e. The molecule has 1 aromatic heterocycles. The van der Waals surface area contributed by atoms with E-state index in [2.05, 4.69) is 18.8 Å². The molecule has 0 saturated carbocycles. The Kier molecular flexibility index (Phi) is 4.09. The second-order valence-electron chi connectivity index (χ2n) is 4.29. The monoisotopic (exact) mass is 208 g/mol. The molecule has 1 unspecified atom stereocenters. The Morgan fingerprint density at radius 2 is 1.87 bits per heavy atom. The Bertz CT molecular complexity index is 293. The summed E-state index contributed by atoms with van der Waals surface area (Å²) >= 11 is 0. The summed E-state index contributed by atoms with van der Waals surface area (Å²) in [5.41, 5.74) is 6.76. The maximum absolute atomic E-state index is 5.73. The van der Waals surface area contributed by atoms with Crippen molar-refractivity contribution < 1.29 is 4.74 Å². The third kappa shape index (κ3) is 3.51. The minimum atomic E-state index is 0.0223. The number of pyridine rings is 1. The van der Waals surface area contributed by atoms with Gasteiger partial charge in [-0.3, -0.25) is 0 Å². The van der Waals surface area contributed by atoms with Crippen molar-refractivity contribution in [3.8, 4) is 5.88 Å². The molecule has 0 aliphatic heterocycles. The van der Waals surface area contributed by atoms with Gasteiger partial charge in [-0.2, -0.15) is 0 Å². The van der Waals surface area contributed by atoms with E-state index in [1.165, 1.54) is 0 Å². The molecule has 2 N–H and O–H groups in total. The van der Waals surface area contributed by atoms with Crippen LogP contribution in [0.5, 0.6) is 5.88 Å². The van der Waals surface area contributed by atoms with Gasteiger partial charge in [-0.1, -0.05) is 19.9 Å². The van der Waals surface area contributed by atoms with Crippen molar-refractivity contribution in [2.45, 2.75) is 39.8 Å². The summed E-state index contributed by atoms with van der Waals surface area (Å²) in [5.74, 6) is 1.15. The van der Waals surface area contributed by atoms with E-state index in [1.807, 2.05) is 26.0 Å². The molecular weight excluding hydrogens is 188 g/mol. The standard InChI is InChI=1S/C12H20N2O/c1-8(2)10(4)15-12-6-5-11(7-14-12)9(3)13/h5-10H,13H2,1-4H3/t9-,10?/m1/s1. The van der Waals surface area contributed by atoms with Gasteiger partial charge in [0.05, 0.1) is 6.10 Å². The summed E-state index contributed by atoms with van der Waals surface area (Å²) in [6.07, 6.45) is 1.95. The Hall–Kier alpha value is -1.09. The van der Waals surface area contributed by atoms with E-state index >= 15 is 0 Å². The molecule has 0 saturated heterocycles. The van der Waals surface area contributed by atoms with Gasteiger partial charge in [-0.15, -0.1) is 0 Å². The number of ether oxygens (including phenoxy) is 1. The van der Waals surface area contributed by atoms with Crippen molar-refractivity contribution in [1.82, 2.24) is 4.98 Å². The van der Waals surface area contributed by atoms with Crippen LogP contribution < -0.4 is 10.5 Å². The maximum atomic E-state index is 5.73. The van der Waals surface area contributed by atoms with Gasteiger partial charge >= 0.3 is 0 Å². The largest absolute Gasteiger partial charge is 0.474 e. The summed E-state index contributed by atoms with van der Waals surface area (Å²) < 4.78 is 5.66. The fourth-order valence-electron chi connectivity index (χ4n) is 1.06. The first-order chi connectivity index (χ1) is 7.00. The van der Waals surface area contributed by atoms with Crippen LogP contribution in [0.25, 0.3) is 0 Å². The number of hydrogen-bond donors (Lipinski definition) is 1. The summed E-state index contributed by atoms with van der Waals surface area (Å²) in [6.45, 7) is 8.24. The van der Waals surface area contributed by atoms with Crippen LogP contribution in [0.1, 0.15) is 39.3 Å². The molecule has 0 amide bonds. The van der Waals surface area contributed by atoms with Crippen LogP contribution >= 0.6 is 0 Å². The third-order valence-electron chi connectivity index (χ3n) is 2.53. The highest BCUT2D eigenvalue weighted by molar-refractivity contribution is 5.20. The van der Waals surface area contributed by atoms with Crippen LogP contribution in [0, 0.1) is 5.92 Å². The number of nitrogens with two attached hydrogens (primary N) is 1. The number of aromatic nitrogens is 1. The lowest BCUT2D eigenvalue weighted by molar-refractivity contribution is 0.163. The molecule has 0 spiro atoms. The normalized spacial score (nSPS) is 15.1. The highest BCUT2D eigenvalue weighted by atomic mass is 16.5. The van der Waals surface area contributed by atoms with E-state index in [1.54, 1.807) is 6.20 Å². The predicted molar refractivity (Wildman–Crippen MR) is 61.8 cm³/mol. The van der Waals surface area contributed by atoms with Crippen LogP contribution in [0.15, 0.2) is 18.3 Å². The van der Waals surface area contributed by atoms with Crippen molar-refractivity contribution >= 4 is 0 Å². The smallest absolute Gasteiger partial charge is 0.213 e. The fourth-order valence-corrected chi connectivity index (χ4v) is 1.06. The molecule has 3 nitrogen and oxygen atoms in total. The lowest BCUT2D eigenvalue weighted by atomic mass is 10.1. The first-order valence-electron chi connectivity index (χ1n) is 5.39. The van der Waals surface area contributed by atoms with Crippen molar-refractivity contribution in [3.63, 3.8) is 0 Å². The van der Waals surface area contributed by atoms with Crippen molar-refractivity contribution in [2.24, 2.45) is 11.7 Å². The molecule has 1 aromatic rings. The Morgan fingerprint density at radius 1 is 1.20 bits per heavy atom. The average molecular weight is 208 g/mol. The minimum absolute atomic E-state index is 0.0223. The van der Waals surface area contributed by atoms with Gasteiger partial charge in [0.25, 0.3) is 0 Å². The van der Waals surface area contributed by atoms with E-state index in [0.29, 0.717) is 11.8 Å². The highest BCUT2D eigenvalue weighted by Crippen LogP contribution is 2.15. The second kappa shape index (κ2) is 5.12. The van der Waals surface area contributed by atoms with Gasteiger partial charge in [0.2, 0.25) is 5.88 Å². The van der Waals surface area contributed by atoms with Gasteiger partial charge in [0.1, 0.15) is 0 Å². The number of nitrogens with zero attached hydrogens (tertiary/aromatic N) is 1. The van der Waals surface area contributed by atoms with Crippen LogP contribution in [0.3, 0.4) is 0 Å². The highest BCUT2D eigenvalue weighted by Gasteiger charge is 2.09. The molecule has 0 radical (unpaired) electrons. The second-order valence-corrected chi connectivity index (χ2v) is 4.29. The summed E-state index contributed by atoms with van der Waals surface area (Å²) in [6, 6.07) is 3.85. The molecule has 2 atom stereocenters. The van der Waals surface area contributed by atoms with Gasteiger partial charge in [-0.25, -0.2) is 4.98 Å². The lowest BCUT2D eigenvalue weighted by Gasteiger charge is -2.17. The molecule has 15 heavy (non-hydrogen) atoms. The molecule has 3 heteroatoms. The van der Waals surface area contributed by atoms with E-state index in [-0.39, 0.29) is 12.1 Å². The summed E-state index contributed by atoms with van der Waals surface area (Å²) in [5, 5.41) is 0. The average Bonchev–Trinajstić information content (AvgIpc) is 2.18. The zero-order valence-corrected chi connectivity index (χ0v) is 9.90. The fraction of sp³-hybridized carbons (Fsp3) is 0.583. The van der Waals surface area contributed by atoms with Crippen molar-refractivity contribution in [2.75, 3.05) is 0 Å². The Labute approximate surface area is 91.7 Å². The van der Waals surface area contributed by atoms with Gasteiger partial charge in [0, 0.05) is 18.3 Å². The quantitative estimate of drug-likeness (QED) is 0.827. The molecule has 1 rings (SSSR count). The molecule has 1 heterocycles.